The van der Waals surface area contributed by atoms with Gasteiger partial charge in [-0.1, -0.05) is 24.3 Å². The fraction of sp³-hybridized carbons (Fsp3) is 0.474. The smallest absolute Gasteiger partial charge is 0.225 e. The third-order valence-electron chi connectivity index (χ3n) is 5.31. The van der Waals surface area contributed by atoms with Crippen molar-refractivity contribution in [1.29, 1.82) is 0 Å². The van der Waals surface area contributed by atoms with E-state index in [2.05, 4.69) is 49.8 Å². The molecule has 2 N–H and O–H groups in total. The van der Waals surface area contributed by atoms with Crippen LogP contribution in [-0.4, -0.2) is 47.1 Å². The Labute approximate surface area is 147 Å². The third kappa shape index (κ3) is 3.44. The van der Waals surface area contributed by atoms with E-state index in [9.17, 15) is 4.39 Å². The van der Waals surface area contributed by atoms with Gasteiger partial charge in [-0.15, -0.1) is 0 Å². The van der Waals surface area contributed by atoms with Crippen LogP contribution in [0.4, 0.5) is 16.2 Å². The topological polar surface area (TPSA) is 53.1 Å². The minimum atomic E-state index is -0.429. The van der Waals surface area contributed by atoms with E-state index in [0.29, 0.717) is 18.0 Å². The van der Waals surface area contributed by atoms with E-state index in [1.165, 1.54) is 17.3 Å². The fourth-order valence-electron chi connectivity index (χ4n) is 4.04. The first kappa shape index (κ1) is 16.3. The number of hydrogen-bond donors (Lipinski definition) is 2. The van der Waals surface area contributed by atoms with Crippen molar-refractivity contribution >= 4 is 11.8 Å². The zero-order valence-electron chi connectivity index (χ0n) is 14.5. The van der Waals surface area contributed by atoms with Crippen LogP contribution in [0.2, 0.25) is 0 Å². The van der Waals surface area contributed by atoms with Crippen molar-refractivity contribution in [3.05, 3.63) is 47.4 Å². The molecule has 1 aliphatic heterocycles. The molecule has 1 saturated heterocycles. The van der Waals surface area contributed by atoms with E-state index in [4.69, 9.17) is 0 Å². The second-order valence-corrected chi connectivity index (χ2v) is 6.95. The Morgan fingerprint density at radius 2 is 1.96 bits per heavy atom. The molecular weight excluding hydrogens is 317 g/mol. The number of halogens is 1. The number of nitrogens with one attached hydrogen (secondary N) is 2. The van der Waals surface area contributed by atoms with Gasteiger partial charge >= 0.3 is 0 Å². The number of aromatic nitrogens is 2. The number of piperidine rings is 1. The Morgan fingerprint density at radius 3 is 2.68 bits per heavy atom. The van der Waals surface area contributed by atoms with Crippen LogP contribution in [0.25, 0.3) is 0 Å². The number of hydrogen-bond acceptors (Lipinski definition) is 5. The summed E-state index contributed by atoms with van der Waals surface area (Å²) in [5, 5.41) is 6.15. The molecule has 2 aliphatic rings. The lowest BCUT2D eigenvalue weighted by molar-refractivity contribution is 0.158. The molecule has 25 heavy (non-hydrogen) atoms. The number of likely N-dealkylation sites (tertiary alicyclic amines) is 1. The van der Waals surface area contributed by atoms with Gasteiger partial charge in [-0.25, -0.2) is 9.37 Å². The van der Waals surface area contributed by atoms with Crippen molar-refractivity contribution in [2.45, 2.75) is 37.8 Å². The van der Waals surface area contributed by atoms with Gasteiger partial charge in [0, 0.05) is 25.7 Å². The summed E-state index contributed by atoms with van der Waals surface area (Å²) >= 11 is 0. The molecule has 0 saturated carbocycles. The standard InChI is InChI=1S/C19H24FN5/c1-21-18-17(20)11-22-19(24-18)23-15-7-4-8-25(12-15)16-9-13-5-2-3-6-14(13)10-16/h2-3,5-6,11,15-16H,4,7-10,12H2,1H3,(H2,21,22,23,24)/t15-/m1/s1. The van der Waals surface area contributed by atoms with Crippen molar-refractivity contribution in [2.75, 3.05) is 30.8 Å². The maximum atomic E-state index is 13.5. The first-order valence-electron chi connectivity index (χ1n) is 9.00. The van der Waals surface area contributed by atoms with E-state index in [1.54, 1.807) is 7.05 Å². The normalized spacial score (nSPS) is 21.1. The number of benzene rings is 1. The van der Waals surface area contributed by atoms with Gasteiger partial charge in [-0.05, 0) is 43.4 Å². The van der Waals surface area contributed by atoms with Crippen LogP contribution in [0.3, 0.4) is 0 Å². The lowest BCUT2D eigenvalue weighted by atomic mass is 10.0. The van der Waals surface area contributed by atoms with Crippen LogP contribution in [-0.2, 0) is 12.8 Å². The Bertz CT molecular complexity index is 725. The molecule has 1 atom stereocenters. The summed E-state index contributed by atoms with van der Waals surface area (Å²) in [6, 6.07) is 9.65. The van der Waals surface area contributed by atoms with Crippen molar-refractivity contribution in [1.82, 2.24) is 14.9 Å². The molecular formula is C19H24FN5. The molecule has 6 heteroatoms. The maximum Gasteiger partial charge on any atom is 0.225 e. The number of rotatable bonds is 4. The molecule has 0 bridgehead atoms. The zero-order valence-corrected chi connectivity index (χ0v) is 14.5. The first-order valence-corrected chi connectivity index (χ1v) is 9.00. The molecule has 5 nitrogen and oxygen atoms in total. The molecule has 0 amide bonds. The number of nitrogens with zero attached hydrogens (tertiary/aromatic N) is 3. The minimum absolute atomic E-state index is 0.233. The molecule has 0 radical (unpaired) electrons. The van der Waals surface area contributed by atoms with Crippen molar-refractivity contribution in [2.24, 2.45) is 0 Å². The predicted octanol–water partition coefficient (Wildman–Crippen LogP) is 2.70. The van der Waals surface area contributed by atoms with Gasteiger partial charge in [0.1, 0.15) is 0 Å². The molecule has 1 aromatic carbocycles. The second-order valence-electron chi connectivity index (χ2n) is 6.95. The van der Waals surface area contributed by atoms with Gasteiger partial charge in [0.15, 0.2) is 11.6 Å². The van der Waals surface area contributed by atoms with Crippen molar-refractivity contribution < 1.29 is 4.39 Å². The molecule has 132 valence electrons. The first-order chi connectivity index (χ1) is 12.2. The van der Waals surface area contributed by atoms with Crippen LogP contribution in [0.1, 0.15) is 24.0 Å². The Kier molecular flexibility index (Phi) is 4.53. The molecule has 1 fully saturated rings. The van der Waals surface area contributed by atoms with E-state index >= 15 is 0 Å². The molecule has 2 heterocycles. The average molecular weight is 341 g/mol. The zero-order chi connectivity index (χ0) is 17.2. The van der Waals surface area contributed by atoms with Gasteiger partial charge in [0.25, 0.3) is 0 Å². The van der Waals surface area contributed by atoms with Gasteiger partial charge < -0.3 is 10.6 Å². The van der Waals surface area contributed by atoms with E-state index < -0.39 is 5.82 Å². The van der Waals surface area contributed by atoms with Crippen LogP contribution in [0.5, 0.6) is 0 Å². The van der Waals surface area contributed by atoms with Crippen LogP contribution < -0.4 is 10.6 Å². The number of anilines is 2. The maximum absolute atomic E-state index is 13.5. The van der Waals surface area contributed by atoms with Gasteiger partial charge in [-0.2, -0.15) is 4.98 Å². The van der Waals surface area contributed by atoms with E-state index in [-0.39, 0.29) is 5.82 Å². The predicted molar refractivity (Wildman–Crippen MR) is 97.4 cm³/mol. The summed E-state index contributed by atoms with van der Waals surface area (Å²) in [6.45, 7) is 2.12. The lowest BCUT2D eigenvalue weighted by Crippen LogP contribution is -2.47. The molecule has 0 unspecified atom stereocenters. The molecule has 0 spiro atoms. The summed E-state index contributed by atoms with van der Waals surface area (Å²) in [5.41, 5.74) is 2.98. The highest BCUT2D eigenvalue weighted by atomic mass is 19.1. The summed E-state index contributed by atoms with van der Waals surface area (Å²) < 4.78 is 13.5. The Hall–Kier alpha value is -2.21. The van der Waals surface area contributed by atoms with Crippen LogP contribution >= 0.6 is 0 Å². The highest BCUT2D eigenvalue weighted by Gasteiger charge is 2.30. The van der Waals surface area contributed by atoms with E-state index in [1.807, 2.05) is 0 Å². The summed E-state index contributed by atoms with van der Waals surface area (Å²) in [7, 11) is 1.66. The van der Waals surface area contributed by atoms with Crippen LogP contribution in [0.15, 0.2) is 30.5 Å². The SMILES string of the molecule is CNc1nc(N[C@@H]2CCCN(C3Cc4ccccc4C3)C2)ncc1F. The van der Waals surface area contributed by atoms with Gasteiger partial charge in [0.2, 0.25) is 5.95 Å². The highest BCUT2D eigenvalue weighted by molar-refractivity contribution is 5.41. The molecule has 1 aromatic heterocycles. The molecule has 2 aromatic rings. The molecule has 1 aliphatic carbocycles. The fourth-order valence-corrected chi connectivity index (χ4v) is 4.04. The third-order valence-corrected chi connectivity index (χ3v) is 5.31. The quantitative estimate of drug-likeness (QED) is 0.895. The minimum Gasteiger partial charge on any atom is -0.371 e. The molecule has 4 rings (SSSR count). The monoisotopic (exact) mass is 341 g/mol. The van der Waals surface area contributed by atoms with Gasteiger partial charge in [-0.3, -0.25) is 4.90 Å². The van der Waals surface area contributed by atoms with Gasteiger partial charge in [0.05, 0.1) is 6.20 Å². The lowest BCUT2D eigenvalue weighted by Gasteiger charge is -2.37. The van der Waals surface area contributed by atoms with Crippen molar-refractivity contribution in [3.63, 3.8) is 0 Å². The Morgan fingerprint density at radius 1 is 1.20 bits per heavy atom. The van der Waals surface area contributed by atoms with E-state index in [0.717, 1.165) is 38.8 Å². The average Bonchev–Trinajstić information content (AvgIpc) is 3.08. The Balaban J connectivity index is 1.40. The largest absolute Gasteiger partial charge is 0.371 e. The number of fused-ring (bicyclic) bond motifs is 1. The summed E-state index contributed by atoms with van der Waals surface area (Å²) in [6.07, 6.45) is 5.74. The summed E-state index contributed by atoms with van der Waals surface area (Å²) in [5.74, 6) is 0.297. The second kappa shape index (κ2) is 6.96. The summed E-state index contributed by atoms with van der Waals surface area (Å²) in [4.78, 5) is 10.9. The van der Waals surface area contributed by atoms with Crippen molar-refractivity contribution in [3.8, 4) is 0 Å². The highest BCUT2D eigenvalue weighted by Crippen LogP contribution is 2.28. The van der Waals surface area contributed by atoms with Crippen LogP contribution in [0, 0.1) is 5.82 Å².